The number of thiophene rings is 1. The molecule has 2 aromatic heterocycles. The van der Waals surface area contributed by atoms with Crippen LogP contribution in [0.25, 0.3) is 10.2 Å². The van der Waals surface area contributed by atoms with Gasteiger partial charge in [0.05, 0.1) is 10.2 Å². The molecule has 0 atom stereocenters. The number of hydrogen-bond donors (Lipinski definition) is 0. The highest BCUT2D eigenvalue weighted by atomic mass is 32.1. The van der Waals surface area contributed by atoms with Crippen molar-refractivity contribution in [3.05, 3.63) is 58.6 Å². The van der Waals surface area contributed by atoms with Crippen LogP contribution in [-0.2, 0) is 6.54 Å². The van der Waals surface area contributed by atoms with Gasteiger partial charge in [0.1, 0.15) is 5.69 Å². The van der Waals surface area contributed by atoms with Crippen molar-refractivity contribution in [2.75, 3.05) is 13.1 Å². The number of carbonyl (C=O) groups excluding carboxylic acids is 1. The number of hydrogen-bond acceptors (Lipinski definition) is 2. The zero-order valence-corrected chi connectivity index (χ0v) is 14.1. The second kappa shape index (κ2) is 5.85. The Balaban J connectivity index is 1.75. The lowest BCUT2D eigenvalue weighted by molar-refractivity contribution is 0.0783. The minimum absolute atomic E-state index is 0.179. The molecule has 3 nitrogen and oxygen atoms in total. The lowest BCUT2D eigenvalue weighted by Gasteiger charge is -2.17. The van der Waals surface area contributed by atoms with Crippen LogP contribution in [0.2, 0.25) is 0 Å². The van der Waals surface area contributed by atoms with Crippen molar-refractivity contribution in [3.63, 3.8) is 0 Å². The average molecular weight is 324 g/mol. The fourth-order valence-corrected chi connectivity index (χ4v) is 4.22. The standard InChI is InChI=1S/C19H20N2OS/c1-14-5-4-6-15(11-14)13-21-16-7-10-23-18(16)12-17(21)19(22)20-8-2-3-9-20/h4-7,10-12H,2-3,8-9,13H2,1H3. The number of aryl methyl sites for hydroxylation is 1. The van der Waals surface area contributed by atoms with E-state index in [1.165, 1.54) is 21.3 Å². The zero-order chi connectivity index (χ0) is 15.8. The third-order valence-electron chi connectivity index (χ3n) is 4.56. The number of carbonyl (C=O) groups is 1. The summed E-state index contributed by atoms with van der Waals surface area (Å²) in [5.74, 6) is 0.179. The molecule has 1 aliphatic heterocycles. The van der Waals surface area contributed by atoms with Gasteiger partial charge in [-0.2, -0.15) is 0 Å². The SMILES string of the molecule is Cc1cccc(Cn2c(C(=O)N3CCCC3)cc3sccc32)c1. The molecular formula is C19H20N2OS. The molecule has 3 aromatic rings. The van der Waals surface area contributed by atoms with Crippen LogP contribution in [0.4, 0.5) is 0 Å². The monoisotopic (exact) mass is 324 g/mol. The van der Waals surface area contributed by atoms with Crippen LogP contribution in [0.1, 0.15) is 34.5 Å². The van der Waals surface area contributed by atoms with Crippen molar-refractivity contribution in [1.29, 1.82) is 0 Å². The molecule has 3 heterocycles. The molecule has 23 heavy (non-hydrogen) atoms. The van der Waals surface area contributed by atoms with Crippen LogP contribution < -0.4 is 0 Å². The van der Waals surface area contributed by atoms with Gasteiger partial charge in [0.25, 0.3) is 5.91 Å². The van der Waals surface area contributed by atoms with Gasteiger partial charge in [0.15, 0.2) is 0 Å². The number of aromatic nitrogens is 1. The summed E-state index contributed by atoms with van der Waals surface area (Å²) in [6, 6.07) is 12.7. The largest absolute Gasteiger partial charge is 0.337 e. The van der Waals surface area contributed by atoms with Crippen LogP contribution >= 0.6 is 11.3 Å². The fraction of sp³-hybridized carbons (Fsp3) is 0.316. The van der Waals surface area contributed by atoms with Crippen molar-refractivity contribution >= 4 is 27.5 Å². The van der Waals surface area contributed by atoms with E-state index in [4.69, 9.17) is 0 Å². The first-order chi connectivity index (χ1) is 11.2. The van der Waals surface area contributed by atoms with Gasteiger partial charge in [-0.05, 0) is 42.8 Å². The molecule has 118 valence electrons. The fourth-order valence-electron chi connectivity index (χ4n) is 3.40. The Bertz CT molecular complexity index is 855. The lowest BCUT2D eigenvalue weighted by Crippen LogP contribution is -2.29. The van der Waals surface area contributed by atoms with Crippen molar-refractivity contribution in [1.82, 2.24) is 9.47 Å². The molecule has 1 saturated heterocycles. The van der Waals surface area contributed by atoms with Crippen LogP contribution in [-0.4, -0.2) is 28.5 Å². The summed E-state index contributed by atoms with van der Waals surface area (Å²) in [5.41, 5.74) is 4.49. The van der Waals surface area contributed by atoms with Gasteiger partial charge in [-0.3, -0.25) is 4.79 Å². The maximum absolute atomic E-state index is 12.9. The van der Waals surface area contributed by atoms with E-state index in [-0.39, 0.29) is 5.91 Å². The minimum atomic E-state index is 0.179. The van der Waals surface area contributed by atoms with Crippen LogP contribution in [0.15, 0.2) is 41.8 Å². The Morgan fingerprint density at radius 2 is 2.00 bits per heavy atom. The maximum atomic E-state index is 12.9. The predicted octanol–water partition coefficient (Wildman–Crippen LogP) is 4.30. The molecule has 0 radical (unpaired) electrons. The van der Waals surface area contributed by atoms with E-state index in [0.717, 1.165) is 38.2 Å². The number of likely N-dealkylation sites (tertiary alicyclic amines) is 1. The van der Waals surface area contributed by atoms with Gasteiger partial charge in [-0.25, -0.2) is 0 Å². The van der Waals surface area contributed by atoms with Gasteiger partial charge >= 0.3 is 0 Å². The molecule has 1 aliphatic rings. The Labute approximate surface area is 140 Å². The van der Waals surface area contributed by atoms with Gasteiger partial charge in [0, 0.05) is 19.6 Å². The van der Waals surface area contributed by atoms with E-state index in [0.29, 0.717) is 0 Å². The van der Waals surface area contributed by atoms with E-state index in [9.17, 15) is 4.79 Å². The Hall–Kier alpha value is -2.07. The summed E-state index contributed by atoms with van der Waals surface area (Å²) >= 11 is 1.70. The second-order valence-electron chi connectivity index (χ2n) is 6.27. The van der Waals surface area contributed by atoms with Crippen molar-refractivity contribution in [2.45, 2.75) is 26.3 Å². The number of amides is 1. The summed E-state index contributed by atoms with van der Waals surface area (Å²) in [5, 5.41) is 2.10. The van der Waals surface area contributed by atoms with E-state index in [1.807, 2.05) is 4.90 Å². The van der Waals surface area contributed by atoms with Crippen LogP contribution in [0.5, 0.6) is 0 Å². The van der Waals surface area contributed by atoms with Crippen LogP contribution in [0.3, 0.4) is 0 Å². The minimum Gasteiger partial charge on any atom is -0.337 e. The van der Waals surface area contributed by atoms with Gasteiger partial charge in [-0.1, -0.05) is 29.8 Å². The molecule has 1 amide bonds. The summed E-state index contributed by atoms with van der Waals surface area (Å²) in [6.45, 7) is 4.64. The van der Waals surface area contributed by atoms with E-state index < -0.39 is 0 Å². The van der Waals surface area contributed by atoms with Gasteiger partial charge in [-0.15, -0.1) is 11.3 Å². The van der Waals surface area contributed by atoms with Gasteiger partial charge in [0.2, 0.25) is 0 Å². The third-order valence-corrected chi connectivity index (χ3v) is 5.41. The smallest absolute Gasteiger partial charge is 0.270 e. The normalized spacial score (nSPS) is 14.7. The first-order valence-corrected chi connectivity index (χ1v) is 9.02. The summed E-state index contributed by atoms with van der Waals surface area (Å²) in [4.78, 5) is 14.9. The Kier molecular flexibility index (Phi) is 3.69. The first kappa shape index (κ1) is 14.5. The predicted molar refractivity (Wildman–Crippen MR) is 95.2 cm³/mol. The number of nitrogens with zero attached hydrogens (tertiary/aromatic N) is 2. The molecule has 4 rings (SSSR count). The Morgan fingerprint density at radius 3 is 2.78 bits per heavy atom. The van der Waals surface area contributed by atoms with Gasteiger partial charge < -0.3 is 9.47 Å². The Morgan fingerprint density at radius 1 is 1.17 bits per heavy atom. The highest BCUT2D eigenvalue weighted by molar-refractivity contribution is 7.17. The maximum Gasteiger partial charge on any atom is 0.270 e. The average Bonchev–Trinajstić information content (AvgIpc) is 3.25. The quantitative estimate of drug-likeness (QED) is 0.705. The van der Waals surface area contributed by atoms with Crippen molar-refractivity contribution in [3.8, 4) is 0 Å². The summed E-state index contributed by atoms with van der Waals surface area (Å²) in [6.07, 6.45) is 2.25. The number of rotatable bonds is 3. The highest BCUT2D eigenvalue weighted by Crippen LogP contribution is 2.28. The molecule has 4 heteroatoms. The zero-order valence-electron chi connectivity index (χ0n) is 13.3. The highest BCUT2D eigenvalue weighted by Gasteiger charge is 2.24. The summed E-state index contributed by atoms with van der Waals surface area (Å²) in [7, 11) is 0. The molecule has 0 bridgehead atoms. The first-order valence-electron chi connectivity index (χ1n) is 8.14. The molecular weight excluding hydrogens is 304 g/mol. The molecule has 0 saturated carbocycles. The molecule has 0 aliphatic carbocycles. The number of benzene rings is 1. The lowest BCUT2D eigenvalue weighted by atomic mass is 10.1. The van der Waals surface area contributed by atoms with E-state index in [2.05, 4.69) is 53.3 Å². The van der Waals surface area contributed by atoms with Crippen molar-refractivity contribution in [2.24, 2.45) is 0 Å². The molecule has 0 unspecified atom stereocenters. The second-order valence-corrected chi connectivity index (χ2v) is 7.22. The molecule has 0 spiro atoms. The molecule has 0 N–H and O–H groups in total. The van der Waals surface area contributed by atoms with Crippen molar-refractivity contribution < 1.29 is 4.79 Å². The number of fused-ring (bicyclic) bond motifs is 1. The van der Waals surface area contributed by atoms with Crippen LogP contribution in [0, 0.1) is 6.92 Å². The topological polar surface area (TPSA) is 25.2 Å². The molecule has 1 aromatic carbocycles. The van der Waals surface area contributed by atoms with E-state index in [1.54, 1.807) is 11.3 Å². The third kappa shape index (κ3) is 2.68. The summed E-state index contributed by atoms with van der Waals surface area (Å²) < 4.78 is 3.38. The van der Waals surface area contributed by atoms with E-state index >= 15 is 0 Å². The molecule has 1 fully saturated rings.